The van der Waals surface area contributed by atoms with Crippen LogP contribution in [-0.2, 0) is 4.74 Å². The first-order valence-corrected chi connectivity index (χ1v) is 3.41. The number of methoxy groups -OCH3 is 1. The topological polar surface area (TPSA) is 49.8 Å². The molecule has 0 aromatic carbocycles. The number of hydrogen-bond acceptors (Lipinski definition) is 3. The molecule has 0 saturated carbocycles. The van der Waals surface area contributed by atoms with Crippen LogP contribution in [0.15, 0.2) is 0 Å². The number of ether oxygens (including phenoxy) is 1. The van der Waals surface area contributed by atoms with Crippen LogP contribution in [0.1, 0.15) is 0 Å². The summed E-state index contributed by atoms with van der Waals surface area (Å²) in [6.07, 6.45) is -5.59. The van der Waals surface area contributed by atoms with Gasteiger partial charge in [-0.25, -0.2) is 4.79 Å². The largest absolute Gasteiger partial charge is 0.453 e. The second-order valence-electron chi connectivity index (χ2n) is 2.23. The molecule has 0 aliphatic rings. The number of alkyl halides is 3. The normalized spacial score (nSPS) is 11.2. The molecule has 0 aliphatic heterocycles. The summed E-state index contributed by atoms with van der Waals surface area (Å²) in [5.41, 5.74) is 0. The van der Waals surface area contributed by atoms with Crippen molar-refractivity contribution in [2.75, 3.05) is 26.8 Å². The maximum atomic E-state index is 11.8. The van der Waals surface area contributed by atoms with Crippen molar-refractivity contribution >= 4 is 6.09 Å². The fourth-order valence-electron chi connectivity index (χ4n) is 0.701. The molecule has 0 unspecified atom stereocenters. The van der Waals surface area contributed by atoms with Gasteiger partial charge in [-0.1, -0.05) is 0 Å². The Balaban J connectivity index is 4.17. The van der Waals surface area contributed by atoms with Crippen LogP contribution >= 0.6 is 0 Å². The van der Waals surface area contributed by atoms with E-state index in [2.05, 4.69) is 4.74 Å². The number of aliphatic hydroxyl groups is 1. The van der Waals surface area contributed by atoms with Crippen molar-refractivity contribution in [2.24, 2.45) is 0 Å². The molecule has 0 bridgehead atoms. The average Bonchev–Trinajstić information content (AvgIpc) is 2.00. The number of carbonyl (C=O) groups excluding carboxylic acids is 1. The minimum absolute atomic E-state index is 0.375. The third-order valence-corrected chi connectivity index (χ3v) is 1.17. The Labute approximate surface area is 72.9 Å². The van der Waals surface area contributed by atoms with Gasteiger partial charge in [-0.05, 0) is 0 Å². The first kappa shape index (κ1) is 12.0. The molecule has 7 heteroatoms. The molecule has 0 aromatic rings. The van der Waals surface area contributed by atoms with E-state index >= 15 is 0 Å². The number of carbonyl (C=O) groups is 1. The van der Waals surface area contributed by atoms with Gasteiger partial charge in [0.2, 0.25) is 0 Å². The van der Waals surface area contributed by atoms with Crippen LogP contribution in [0, 0.1) is 0 Å². The predicted molar refractivity (Wildman–Crippen MR) is 37.1 cm³/mol. The van der Waals surface area contributed by atoms with Gasteiger partial charge in [-0.15, -0.1) is 0 Å². The van der Waals surface area contributed by atoms with E-state index in [9.17, 15) is 18.0 Å². The van der Waals surface area contributed by atoms with Crippen molar-refractivity contribution in [3.05, 3.63) is 0 Å². The fourth-order valence-corrected chi connectivity index (χ4v) is 0.701. The standard InChI is InChI=1S/C6H10F3NO3/c1-13-5(12)10(2-3-11)4-6(7,8)9/h11H,2-4H2,1H3. The van der Waals surface area contributed by atoms with Crippen molar-refractivity contribution in [1.82, 2.24) is 4.90 Å². The van der Waals surface area contributed by atoms with E-state index in [0.717, 1.165) is 7.11 Å². The molecule has 0 aromatic heterocycles. The summed E-state index contributed by atoms with van der Waals surface area (Å²) < 4.78 is 39.5. The Bertz CT molecular complexity index is 171. The van der Waals surface area contributed by atoms with Crippen molar-refractivity contribution in [1.29, 1.82) is 0 Å². The monoisotopic (exact) mass is 201 g/mol. The molecule has 0 atom stereocenters. The maximum absolute atomic E-state index is 11.8. The van der Waals surface area contributed by atoms with Gasteiger partial charge in [0.25, 0.3) is 0 Å². The lowest BCUT2D eigenvalue weighted by Gasteiger charge is -2.21. The second-order valence-corrected chi connectivity index (χ2v) is 2.23. The van der Waals surface area contributed by atoms with Crippen LogP contribution in [-0.4, -0.2) is 49.1 Å². The van der Waals surface area contributed by atoms with Crippen LogP contribution in [0.3, 0.4) is 0 Å². The summed E-state index contributed by atoms with van der Waals surface area (Å²) in [7, 11) is 0.975. The molecule has 1 N–H and O–H groups in total. The van der Waals surface area contributed by atoms with E-state index < -0.39 is 32.0 Å². The summed E-state index contributed by atoms with van der Waals surface area (Å²) in [5.74, 6) is 0. The summed E-state index contributed by atoms with van der Waals surface area (Å²) in [6.45, 7) is -2.35. The lowest BCUT2D eigenvalue weighted by molar-refractivity contribution is -0.143. The second kappa shape index (κ2) is 4.90. The molecule has 1 amide bonds. The Hall–Kier alpha value is -0.980. The summed E-state index contributed by atoms with van der Waals surface area (Å²) in [6, 6.07) is 0. The zero-order valence-electron chi connectivity index (χ0n) is 6.97. The molecule has 0 saturated heterocycles. The molecular formula is C6H10F3NO3. The van der Waals surface area contributed by atoms with E-state index in [0.29, 0.717) is 4.90 Å². The molecule has 0 rings (SSSR count). The van der Waals surface area contributed by atoms with E-state index in [-0.39, 0.29) is 0 Å². The average molecular weight is 201 g/mol. The lowest BCUT2D eigenvalue weighted by atomic mass is 10.5. The maximum Gasteiger partial charge on any atom is 0.409 e. The smallest absolute Gasteiger partial charge is 0.409 e. The van der Waals surface area contributed by atoms with Gasteiger partial charge in [0, 0.05) is 6.54 Å². The van der Waals surface area contributed by atoms with Gasteiger partial charge >= 0.3 is 12.3 Å². The highest BCUT2D eigenvalue weighted by molar-refractivity contribution is 5.67. The molecule has 0 aliphatic carbocycles. The van der Waals surface area contributed by atoms with E-state index in [1.54, 1.807) is 0 Å². The van der Waals surface area contributed by atoms with Crippen molar-refractivity contribution in [3.63, 3.8) is 0 Å². The van der Waals surface area contributed by atoms with Crippen LogP contribution in [0.5, 0.6) is 0 Å². The number of nitrogens with zero attached hydrogens (tertiary/aromatic N) is 1. The summed E-state index contributed by atoms with van der Waals surface area (Å²) >= 11 is 0. The molecule has 4 nitrogen and oxygen atoms in total. The lowest BCUT2D eigenvalue weighted by Crippen LogP contribution is -2.40. The van der Waals surface area contributed by atoms with E-state index in [1.165, 1.54) is 0 Å². The van der Waals surface area contributed by atoms with E-state index in [1.807, 2.05) is 0 Å². The van der Waals surface area contributed by atoms with Crippen molar-refractivity contribution in [2.45, 2.75) is 6.18 Å². The van der Waals surface area contributed by atoms with Crippen LogP contribution in [0.25, 0.3) is 0 Å². The molecular weight excluding hydrogens is 191 g/mol. The van der Waals surface area contributed by atoms with Gasteiger partial charge < -0.3 is 9.84 Å². The minimum atomic E-state index is -4.48. The summed E-state index contributed by atoms with van der Waals surface area (Å²) in [5, 5.41) is 8.36. The minimum Gasteiger partial charge on any atom is -0.453 e. The van der Waals surface area contributed by atoms with Gasteiger partial charge in [0.05, 0.1) is 13.7 Å². The summed E-state index contributed by atoms with van der Waals surface area (Å²) in [4.78, 5) is 11.0. The van der Waals surface area contributed by atoms with E-state index in [4.69, 9.17) is 5.11 Å². The Morgan fingerprint density at radius 1 is 1.54 bits per heavy atom. The van der Waals surface area contributed by atoms with Crippen molar-refractivity contribution < 1.29 is 27.8 Å². The highest BCUT2D eigenvalue weighted by atomic mass is 19.4. The highest BCUT2D eigenvalue weighted by Gasteiger charge is 2.33. The number of halogens is 3. The molecule has 0 radical (unpaired) electrons. The Morgan fingerprint density at radius 2 is 2.08 bits per heavy atom. The van der Waals surface area contributed by atoms with Gasteiger partial charge in [0.1, 0.15) is 6.54 Å². The molecule has 78 valence electrons. The Kier molecular flexibility index (Phi) is 4.53. The van der Waals surface area contributed by atoms with Crippen LogP contribution in [0.2, 0.25) is 0 Å². The third-order valence-electron chi connectivity index (χ3n) is 1.17. The number of aliphatic hydroxyl groups excluding tert-OH is 1. The quantitative estimate of drug-likeness (QED) is 0.727. The van der Waals surface area contributed by atoms with Crippen LogP contribution in [0.4, 0.5) is 18.0 Å². The molecule has 0 fully saturated rings. The zero-order valence-corrected chi connectivity index (χ0v) is 6.97. The first-order chi connectivity index (χ1) is 5.90. The SMILES string of the molecule is COC(=O)N(CCO)CC(F)(F)F. The van der Waals surface area contributed by atoms with Gasteiger partial charge in [0.15, 0.2) is 0 Å². The number of amides is 1. The third kappa shape index (κ3) is 5.29. The zero-order chi connectivity index (χ0) is 10.5. The number of rotatable bonds is 3. The fraction of sp³-hybridized carbons (Fsp3) is 0.833. The highest BCUT2D eigenvalue weighted by Crippen LogP contribution is 2.16. The van der Waals surface area contributed by atoms with Gasteiger partial charge in [-0.3, -0.25) is 4.90 Å². The predicted octanol–water partition coefficient (Wildman–Crippen LogP) is 0.609. The van der Waals surface area contributed by atoms with Crippen molar-refractivity contribution in [3.8, 4) is 0 Å². The number of hydrogen-bond donors (Lipinski definition) is 1. The Morgan fingerprint density at radius 3 is 2.38 bits per heavy atom. The first-order valence-electron chi connectivity index (χ1n) is 3.41. The van der Waals surface area contributed by atoms with Crippen LogP contribution < -0.4 is 0 Å². The van der Waals surface area contributed by atoms with Gasteiger partial charge in [-0.2, -0.15) is 13.2 Å². The molecule has 0 spiro atoms. The molecule has 0 heterocycles. The molecule has 13 heavy (non-hydrogen) atoms.